The third-order valence-corrected chi connectivity index (χ3v) is 3.06. The first kappa shape index (κ1) is 16.4. The molecule has 20 heavy (non-hydrogen) atoms. The highest BCUT2D eigenvalue weighted by Crippen LogP contribution is 2.24. The predicted molar refractivity (Wildman–Crippen MR) is 76.2 cm³/mol. The monoisotopic (exact) mass is 301 g/mol. The van der Waals surface area contributed by atoms with E-state index in [1.165, 1.54) is 11.0 Å². The van der Waals surface area contributed by atoms with Crippen molar-refractivity contribution in [1.82, 2.24) is 5.32 Å². The summed E-state index contributed by atoms with van der Waals surface area (Å²) in [6.45, 7) is 0.636. The summed E-state index contributed by atoms with van der Waals surface area (Å²) >= 11 is 0. The molecule has 7 heteroatoms. The van der Waals surface area contributed by atoms with Crippen molar-refractivity contribution in [2.24, 2.45) is 5.73 Å². The standard InChI is InChI=1S/C13H16FN3O2.ClH/c14-9-3-1-2-4-11(9)17-8-6-10(13(17)19)16-12(18)5-7-15;/h1-4,10H,5-8,15H2,(H,16,18);1H. The molecule has 0 radical (unpaired) electrons. The van der Waals surface area contributed by atoms with Crippen LogP contribution < -0.4 is 16.0 Å². The minimum Gasteiger partial charge on any atom is -0.344 e. The van der Waals surface area contributed by atoms with Crippen molar-refractivity contribution < 1.29 is 14.0 Å². The van der Waals surface area contributed by atoms with Gasteiger partial charge in [0, 0.05) is 19.5 Å². The van der Waals surface area contributed by atoms with Crippen LogP contribution >= 0.6 is 12.4 Å². The lowest BCUT2D eigenvalue weighted by Crippen LogP contribution is -2.42. The number of carbonyl (C=O) groups is 2. The first-order chi connectivity index (χ1) is 9.13. The van der Waals surface area contributed by atoms with Crippen molar-refractivity contribution in [2.45, 2.75) is 18.9 Å². The summed E-state index contributed by atoms with van der Waals surface area (Å²) in [5.41, 5.74) is 5.52. The number of hydrogen-bond acceptors (Lipinski definition) is 3. The first-order valence-electron chi connectivity index (χ1n) is 6.19. The van der Waals surface area contributed by atoms with Gasteiger partial charge in [0.15, 0.2) is 0 Å². The second-order valence-electron chi connectivity index (χ2n) is 4.39. The molecular weight excluding hydrogens is 285 g/mol. The Bertz CT molecular complexity index is 498. The number of hydrogen-bond donors (Lipinski definition) is 2. The van der Waals surface area contributed by atoms with Gasteiger partial charge in [-0.15, -0.1) is 12.4 Å². The summed E-state index contributed by atoms with van der Waals surface area (Å²) in [5, 5.41) is 2.62. The highest BCUT2D eigenvalue weighted by atomic mass is 35.5. The van der Waals surface area contributed by atoms with Crippen molar-refractivity contribution >= 4 is 29.9 Å². The Morgan fingerprint density at radius 2 is 2.15 bits per heavy atom. The van der Waals surface area contributed by atoms with E-state index in [0.29, 0.717) is 13.0 Å². The lowest BCUT2D eigenvalue weighted by atomic mass is 10.2. The van der Waals surface area contributed by atoms with E-state index in [9.17, 15) is 14.0 Å². The molecule has 1 aliphatic rings. The van der Waals surface area contributed by atoms with Crippen LogP contribution in [0, 0.1) is 5.82 Å². The van der Waals surface area contributed by atoms with Crippen molar-refractivity contribution in [3.63, 3.8) is 0 Å². The molecule has 1 aliphatic heterocycles. The number of rotatable bonds is 4. The Balaban J connectivity index is 0.00000200. The fourth-order valence-electron chi connectivity index (χ4n) is 2.12. The van der Waals surface area contributed by atoms with Crippen LogP contribution in [-0.4, -0.2) is 30.9 Å². The van der Waals surface area contributed by atoms with Gasteiger partial charge in [-0.25, -0.2) is 4.39 Å². The van der Waals surface area contributed by atoms with Crippen LogP contribution in [-0.2, 0) is 9.59 Å². The van der Waals surface area contributed by atoms with Crippen LogP contribution in [0.3, 0.4) is 0 Å². The Labute approximate surface area is 122 Å². The molecule has 0 spiro atoms. The second-order valence-corrected chi connectivity index (χ2v) is 4.39. The molecule has 2 amide bonds. The van der Waals surface area contributed by atoms with Gasteiger partial charge in [-0.05, 0) is 18.6 Å². The summed E-state index contributed by atoms with van der Waals surface area (Å²) in [6, 6.07) is 5.52. The van der Waals surface area contributed by atoms with Gasteiger partial charge in [-0.1, -0.05) is 12.1 Å². The SMILES string of the molecule is Cl.NCCC(=O)NC1CCN(c2ccccc2F)C1=O. The maximum atomic E-state index is 13.6. The lowest BCUT2D eigenvalue weighted by molar-refractivity contribution is -0.126. The molecule has 1 aromatic carbocycles. The fourth-order valence-corrected chi connectivity index (χ4v) is 2.12. The van der Waals surface area contributed by atoms with E-state index in [0.717, 1.165) is 0 Å². The van der Waals surface area contributed by atoms with Crippen LogP contribution in [0.4, 0.5) is 10.1 Å². The quantitative estimate of drug-likeness (QED) is 0.864. The molecule has 0 aliphatic carbocycles. The van der Waals surface area contributed by atoms with E-state index in [4.69, 9.17) is 5.73 Å². The number of benzene rings is 1. The Morgan fingerprint density at radius 3 is 2.80 bits per heavy atom. The minimum absolute atomic E-state index is 0. The first-order valence-corrected chi connectivity index (χ1v) is 6.19. The van der Waals surface area contributed by atoms with Gasteiger partial charge >= 0.3 is 0 Å². The number of anilines is 1. The molecular formula is C13H17ClFN3O2. The third kappa shape index (κ3) is 3.46. The normalized spacial score (nSPS) is 17.8. The number of amides is 2. The molecule has 0 bridgehead atoms. The van der Waals surface area contributed by atoms with Crippen molar-refractivity contribution in [3.05, 3.63) is 30.1 Å². The summed E-state index contributed by atoms with van der Waals surface area (Å²) in [6.07, 6.45) is 0.660. The minimum atomic E-state index is -0.585. The number of halogens is 2. The molecule has 3 N–H and O–H groups in total. The van der Waals surface area contributed by atoms with E-state index < -0.39 is 11.9 Å². The summed E-state index contributed by atoms with van der Waals surface area (Å²) in [4.78, 5) is 24.9. The largest absolute Gasteiger partial charge is 0.344 e. The van der Waals surface area contributed by atoms with Crippen molar-refractivity contribution in [3.8, 4) is 0 Å². The second kappa shape index (κ2) is 7.21. The Kier molecular flexibility index (Phi) is 5.91. The zero-order chi connectivity index (χ0) is 13.8. The molecule has 2 rings (SSSR count). The number of nitrogens with one attached hydrogen (secondary N) is 1. The van der Waals surface area contributed by atoms with Crippen molar-refractivity contribution in [1.29, 1.82) is 0 Å². The van der Waals surface area contributed by atoms with E-state index in [1.54, 1.807) is 18.2 Å². The van der Waals surface area contributed by atoms with E-state index >= 15 is 0 Å². The van der Waals surface area contributed by atoms with Gasteiger partial charge in [-0.3, -0.25) is 9.59 Å². The molecule has 1 fully saturated rings. The average Bonchev–Trinajstić information content (AvgIpc) is 2.72. The number of nitrogens with two attached hydrogens (primary N) is 1. The van der Waals surface area contributed by atoms with E-state index in [2.05, 4.69) is 5.32 Å². The molecule has 5 nitrogen and oxygen atoms in total. The maximum absolute atomic E-state index is 13.6. The molecule has 0 saturated carbocycles. The molecule has 110 valence electrons. The molecule has 1 saturated heterocycles. The van der Waals surface area contributed by atoms with Crippen LogP contribution in [0.25, 0.3) is 0 Å². The predicted octanol–water partition coefficient (Wildman–Crippen LogP) is 0.818. The van der Waals surface area contributed by atoms with Gasteiger partial charge < -0.3 is 16.0 Å². The van der Waals surface area contributed by atoms with Crippen LogP contribution in [0.1, 0.15) is 12.8 Å². The maximum Gasteiger partial charge on any atom is 0.249 e. The van der Waals surface area contributed by atoms with E-state index in [-0.39, 0.29) is 42.9 Å². The molecule has 1 unspecified atom stereocenters. The van der Waals surface area contributed by atoms with Crippen LogP contribution in [0.5, 0.6) is 0 Å². The van der Waals surface area contributed by atoms with Gasteiger partial charge in [0.2, 0.25) is 11.8 Å². The summed E-state index contributed by atoms with van der Waals surface area (Å²) < 4.78 is 13.6. The molecule has 1 aromatic rings. The van der Waals surface area contributed by atoms with Crippen molar-refractivity contribution in [2.75, 3.05) is 18.0 Å². The topological polar surface area (TPSA) is 75.4 Å². The average molecular weight is 302 g/mol. The number of para-hydroxylation sites is 1. The smallest absolute Gasteiger partial charge is 0.249 e. The number of carbonyl (C=O) groups excluding carboxylic acids is 2. The zero-order valence-corrected chi connectivity index (χ0v) is 11.7. The van der Waals surface area contributed by atoms with Gasteiger partial charge in [-0.2, -0.15) is 0 Å². The highest BCUT2D eigenvalue weighted by molar-refractivity contribution is 6.01. The Hall–Kier alpha value is -1.66. The zero-order valence-electron chi connectivity index (χ0n) is 10.8. The Morgan fingerprint density at radius 1 is 1.45 bits per heavy atom. The van der Waals surface area contributed by atoms with Crippen LogP contribution in [0.2, 0.25) is 0 Å². The van der Waals surface area contributed by atoms with Gasteiger partial charge in [0.25, 0.3) is 0 Å². The third-order valence-electron chi connectivity index (χ3n) is 3.06. The highest BCUT2D eigenvalue weighted by Gasteiger charge is 2.34. The van der Waals surface area contributed by atoms with Gasteiger partial charge in [0.05, 0.1) is 5.69 Å². The molecule has 1 heterocycles. The van der Waals surface area contributed by atoms with Crippen LogP contribution in [0.15, 0.2) is 24.3 Å². The fraction of sp³-hybridized carbons (Fsp3) is 0.385. The number of nitrogens with zero attached hydrogens (tertiary/aromatic N) is 1. The lowest BCUT2D eigenvalue weighted by Gasteiger charge is -2.17. The van der Waals surface area contributed by atoms with E-state index in [1.807, 2.05) is 0 Å². The molecule has 0 aromatic heterocycles. The van der Waals surface area contributed by atoms with Gasteiger partial charge in [0.1, 0.15) is 11.9 Å². The summed E-state index contributed by atoms with van der Waals surface area (Å²) in [5.74, 6) is -0.975. The molecule has 1 atom stereocenters. The summed E-state index contributed by atoms with van der Waals surface area (Å²) in [7, 11) is 0.